The van der Waals surface area contributed by atoms with E-state index in [4.69, 9.17) is 10.5 Å². The molecule has 0 amide bonds. The van der Waals surface area contributed by atoms with Crippen molar-refractivity contribution in [1.82, 2.24) is 15.0 Å². The summed E-state index contributed by atoms with van der Waals surface area (Å²) in [5.41, 5.74) is 9.45. The summed E-state index contributed by atoms with van der Waals surface area (Å²) in [4.78, 5) is 0. The molecule has 0 radical (unpaired) electrons. The number of hydrogen-bond donors (Lipinski definition) is 1. The molecule has 124 valence electrons. The highest BCUT2D eigenvalue weighted by Crippen LogP contribution is 2.23. The van der Waals surface area contributed by atoms with Crippen LogP contribution in [0.25, 0.3) is 0 Å². The minimum Gasteiger partial charge on any atom is -0.489 e. The van der Waals surface area contributed by atoms with Crippen molar-refractivity contribution in [2.45, 2.75) is 32.5 Å². The molecule has 0 saturated heterocycles. The molecular formula is C19H22N4O. The van der Waals surface area contributed by atoms with Crippen LogP contribution < -0.4 is 10.5 Å². The van der Waals surface area contributed by atoms with Gasteiger partial charge < -0.3 is 10.5 Å². The summed E-state index contributed by atoms with van der Waals surface area (Å²) < 4.78 is 7.75. The summed E-state index contributed by atoms with van der Waals surface area (Å²) in [6.07, 6.45) is 2.72. The summed E-state index contributed by atoms with van der Waals surface area (Å²) in [5, 5.41) is 8.09. The van der Waals surface area contributed by atoms with E-state index < -0.39 is 0 Å². The Morgan fingerprint density at radius 2 is 1.96 bits per heavy atom. The van der Waals surface area contributed by atoms with Crippen LogP contribution in [0.5, 0.6) is 5.75 Å². The standard InChI is InChI=1S/C19H22N4O/c1-2-11-23-18(13-21-22-23)19(20)16-9-6-10-17(12-16)24-14-15-7-4-3-5-8-15/h3-10,12-13,19H,2,11,14,20H2,1H3. The highest BCUT2D eigenvalue weighted by Gasteiger charge is 2.15. The Bertz CT molecular complexity index is 770. The summed E-state index contributed by atoms with van der Waals surface area (Å²) in [6, 6.07) is 17.7. The van der Waals surface area contributed by atoms with E-state index in [1.54, 1.807) is 6.20 Å². The zero-order valence-electron chi connectivity index (χ0n) is 13.8. The van der Waals surface area contributed by atoms with E-state index in [1.807, 2.05) is 59.3 Å². The number of aromatic nitrogens is 3. The van der Waals surface area contributed by atoms with Gasteiger partial charge in [0.25, 0.3) is 0 Å². The molecule has 24 heavy (non-hydrogen) atoms. The van der Waals surface area contributed by atoms with Crippen LogP contribution in [0.3, 0.4) is 0 Å². The number of benzene rings is 2. The van der Waals surface area contributed by atoms with Crippen LogP contribution in [0.2, 0.25) is 0 Å². The number of hydrogen-bond acceptors (Lipinski definition) is 4. The molecule has 0 fully saturated rings. The van der Waals surface area contributed by atoms with Crippen molar-refractivity contribution in [2.75, 3.05) is 0 Å². The van der Waals surface area contributed by atoms with Crippen molar-refractivity contribution in [3.8, 4) is 5.75 Å². The third-order valence-electron chi connectivity index (χ3n) is 3.87. The molecule has 1 heterocycles. The molecule has 2 N–H and O–H groups in total. The van der Waals surface area contributed by atoms with E-state index in [0.717, 1.165) is 35.5 Å². The van der Waals surface area contributed by atoms with Crippen molar-refractivity contribution in [3.05, 3.63) is 77.6 Å². The quantitative estimate of drug-likeness (QED) is 0.724. The molecule has 2 aromatic carbocycles. The summed E-state index contributed by atoms with van der Waals surface area (Å²) >= 11 is 0. The van der Waals surface area contributed by atoms with Crippen LogP contribution in [-0.4, -0.2) is 15.0 Å². The molecule has 0 spiro atoms. The predicted octanol–water partition coefficient (Wildman–Crippen LogP) is 3.32. The van der Waals surface area contributed by atoms with Gasteiger partial charge in [-0.2, -0.15) is 0 Å². The summed E-state index contributed by atoms with van der Waals surface area (Å²) in [6.45, 7) is 3.46. The predicted molar refractivity (Wildman–Crippen MR) is 93.6 cm³/mol. The fourth-order valence-electron chi connectivity index (χ4n) is 2.60. The second-order valence-corrected chi connectivity index (χ2v) is 5.71. The first kappa shape index (κ1) is 16.2. The zero-order valence-corrected chi connectivity index (χ0v) is 13.8. The second kappa shape index (κ2) is 7.75. The Balaban J connectivity index is 1.73. The first-order valence-corrected chi connectivity index (χ1v) is 8.18. The molecule has 0 aliphatic heterocycles. The third kappa shape index (κ3) is 3.81. The fraction of sp³-hybridized carbons (Fsp3) is 0.263. The average Bonchev–Trinajstić information content (AvgIpc) is 3.09. The van der Waals surface area contributed by atoms with Gasteiger partial charge in [0.05, 0.1) is 17.9 Å². The van der Waals surface area contributed by atoms with Crippen LogP contribution in [0.4, 0.5) is 0 Å². The Labute approximate surface area is 142 Å². The highest BCUT2D eigenvalue weighted by molar-refractivity contribution is 5.34. The van der Waals surface area contributed by atoms with Gasteiger partial charge in [-0.1, -0.05) is 54.6 Å². The van der Waals surface area contributed by atoms with E-state index >= 15 is 0 Å². The lowest BCUT2D eigenvalue weighted by Crippen LogP contribution is -2.17. The van der Waals surface area contributed by atoms with Crippen molar-refractivity contribution >= 4 is 0 Å². The Hall–Kier alpha value is -2.66. The van der Waals surface area contributed by atoms with E-state index in [-0.39, 0.29) is 6.04 Å². The number of ether oxygens (including phenoxy) is 1. The molecule has 5 heteroatoms. The van der Waals surface area contributed by atoms with Gasteiger partial charge in [0.15, 0.2) is 0 Å². The number of nitrogens with zero attached hydrogens (tertiary/aromatic N) is 3. The molecule has 3 rings (SSSR count). The largest absolute Gasteiger partial charge is 0.489 e. The maximum atomic E-state index is 6.41. The van der Waals surface area contributed by atoms with Crippen molar-refractivity contribution in [3.63, 3.8) is 0 Å². The molecule has 1 unspecified atom stereocenters. The third-order valence-corrected chi connectivity index (χ3v) is 3.87. The van der Waals surface area contributed by atoms with Gasteiger partial charge >= 0.3 is 0 Å². The van der Waals surface area contributed by atoms with Crippen molar-refractivity contribution < 1.29 is 4.74 Å². The molecule has 0 aliphatic rings. The molecule has 0 bridgehead atoms. The van der Waals surface area contributed by atoms with Crippen LogP contribution in [0.15, 0.2) is 60.8 Å². The summed E-state index contributed by atoms with van der Waals surface area (Å²) in [5.74, 6) is 0.807. The van der Waals surface area contributed by atoms with Crippen LogP contribution >= 0.6 is 0 Å². The molecule has 1 atom stereocenters. The van der Waals surface area contributed by atoms with E-state index in [2.05, 4.69) is 17.2 Å². The smallest absolute Gasteiger partial charge is 0.120 e. The normalized spacial score (nSPS) is 12.1. The molecule has 0 saturated carbocycles. The minimum atomic E-state index is -0.271. The first-order valence-electron chi connectivity index (χ1n) is 8.18. The molecule has 1 aromatic heterocycles. The average molecular weight is 322 g/mol. The lowest BCUT2D eigenvalue weighted by molar-refractivity contribution is 0.306. The van der Waals surface area contributed by atoms with Gasteiger partial charge in [-0.25, -0.2) is 4.68 Å². The van der Waals surface area contributed by atoms with E-state index in [9.17, 15) is 0 Å². The van der Waals surface area contributed by atoms with Gasteiger partial charge in [-0.15, -0.1) is 5.10 Å². The highest BCUT2D eigenvalue weighted by atomic mass is 16.5. The van der Waals surface area contributed by atoms with Crippen LogP contribution in [-0.2, 0) is 13.2 Å². The number of aryl methyl sites for hydroxylation is 1. The van der Waals surface area contributed by atoms with Crippen molar-refractivity contribution in [2.24, 2.45) is 5.73 Å². The topological polar surface area (TPSA) is 66.0 Å². The lowest BCUT2D eigenvalue weighted by Gasteiger charge is -2.15. The Morgan fingerprint density at radius 3 is 2.75 bits per heavy atom. The summed E-state index contributed by atoms with van der Waals surface area (Å²) in [7, 11) is 0. The zero-order chi connectivity index (χ0) is 16.8. The number of nitrogens with two attached hydrogens (primary N) is 1. The van der Waals surface area contributed by atoms with E-state index in [1.165, 1.54) is 0 Å². The van der Waals surface area contributed by atoms with Gasteiger partial charge in [0, 0.05) is 6.54 Å². The monoisotopic (exact) mass is 322 g/mol. The first-order chi connectivity index (χ1) is 11.8. The van der Waals surface area contributed by atoms with E-state index in [0.29, 0.717) is 6.61 Å². The number of rotatable bonds is 7. The second-order valence-electron chi connectivity index (χ2n) is 5.71. The maximum Gasteiger partial charge on any atom is 0.120 e. The molecule has 0 aliphatic carbocycles. The Kier molecular flexibility index (Phi) is 5.23. The van der Waals surface area contributed by atoms with Crippen LogP contribution in [0.1, 0.15) is 36.2 Å². The SMILES string of the molecule is CCCn1nncc1C(N)c1cccc(OCc2ccccc2)c1. The van der Waals surface area contributed by atoms with Crippen molar-refractivity contribution in [1.29, 1.82) is 0 Å². The van der Waals surface area contributed by atoms with Gasteiger partial charge in [-0.3, -0.25) is 0 Å². The van der Waals surface area contributed by atoms with Gasteiger partial charge in [-0.05, 0) is 29.7 Å². The molecule has 5 nitrogen and oxygen atoms in total. The Morgan fingerprint density at radius 1 is 1.12 bits per heavy atom. The fourth-order valence-corrected chi connectivity index (χ4v) is 2.60. The maximum absolute atomic E-state index is 6.41. The van der Waals surface area contributed by atoms with Crippen LogP contribution in [0, 0.1) is 0 Å². The molecule has 3 aromatic rings. The minimum absolute atomic E-state index is 0.271. The molecular weight excluding hydrogens is 300 g/mol. The lowest BCUT2D eigenvalue weighted by atomic mass is 10.0. The van der Waals surface area contributed by atoms with Gasteiger partial charge in [0.1, 0.15) is 12.4 Å². The van der Waals surface area contributed by atoms with Gasteiger partial charge in [0.2, 0.25) is 0 Å².